The Kier molecular flexibility index (Phi) is 5.41. The van der Waals surface area contributed by atoms with E-state index in [0.29, 0.717) is 18.1 Å². The largest absolute Gasteiger partial charge is 0.326 e. The van der Waals surface area contributed by atoms with Crippen LogP contribution in [0.15, 0.2) is 59.5 Å². The fourth-order valence-corrected chi connectivity index (χ4v) is 3.66. The number of rotatable bonds is 3. The quantitative estimate of drug-likeness (QED) is 0.768. The topological polar surface area (TPSA) is 63.6 Å². The predicted octanol–water partition coefficient (Wildman–Crippen LogP) is 2.35. The van der Waals surface area contributed by atoms with Gasteiger partial charge in [-0.25, -0.2) is 4.98 Å². The second-order valence-electron chi connectivity index (χ2n) is 6.90. The molecular formula is C20H23ClN4O. The Morgan fingerprint density at radius 3 is 2.69 bits per heavy atom. The second-order valence-corrected chi connectivity index (χ2v) is 6.90. The summed E-state index contributed by atoms with van der Waals surface area (Å²) in [4.78, 5) is 19.3. The molecule has 0 amide bonds. The molecule has 3 aromatic rings. The van der Waals surface area contributed by atoms with Crippen molar-refractivity contribution >= 4 is 18.1 Å². The lowest BCUT2D eigenvalue weighted by molar-refractivity contribution is 0.319. The Morgan fingerprint density at radius 2 is 1.92 bits per heavy atom. The van der Waals surface area contributed by atoms with Crippen molar-refractivity contribution in [2.45, 2.75) is 25.4 Å². The van der Waals surface area contributed by atoms with Gasteiger partial charge < -0.3 is 5.73 Å². The van der Waals surface area contributed by atoms with Crippen LogP contribution < -0.4 is 11.3 Å². The van der Waals surface area contributed by atoms with Crippen molar-refractivity contribution in [2.75, 3.05) is 13.1 Å². The van der Waals surface area contributed by atoms with E-state index in [1.165, 1.54) is 5.56 Å². The van der Waals surface area contributed by atoms with E-state index >= 15 is 0 Å². The second kappa shape index (κ2) is 7.58. The molecule has 136 valence electrons. The first-order valence-electron chi connectivity index (χ1n) is 8.62. The summed E-state index contributed by atoms with van der Waals surface area (Å²) in [7, 11) is 0. The molecule has 0 saturated carbocycles. The van der Waals surface area contributed by atoms with Crippen LogP contribution >= 0.6 is 12.4 Å². The molecule has 0 aliphatic carbocycles. The number of aryl methyl sites for hydroxylation is 1. The molecule has 1 aromatic carbocycles. The number of nitrogens with two attached hydrogens (primary N) is 1. The van der Waals surface area contributed by atoms with Crippen molar-refractivity contribution in [3.63, 3.8) is 0 Å². The van der Waals surface area contributed by atoms with Crippen molar-refractivity contribution in [3.8, 4) is 0 Å². The number of hydrogen-bond donors (Lipinski definition) is 1. The summed E-state index contributed by atoms with van der Waals surface area (Å²) >= 11 is 0. The van der Waals surface area contributed by atoms with Gasteiger partial charge in [0.05, 0.1) is 5.69 Å². The summed E-state index contributed by atoms with van der Waals surface area (Å²) in [5, 5.41) is 0. The summed E-state index contributed by atoms with van der Waals surface area (Å²) in [6, 6.07) is 16.0. The molecule has 1 aliphatic heterocycles. The van der Waals surface area contributed by atoms with E-state index in [1.807, 2.05) is 31.3 Å². The van der Waals surface area contributed by atoms with Gasteiger partial charge in [-0.15, -0.1) is 12.4 Å². The monoisotopic (exact) mass is 370 g/mol. The molecule has 5 nitrogen and oxygen atoms in total. The Labute approximate surface area is 158 Å². The molecule has 1 saturated heterocycles. The first kappa shape index (κ1) is 18.6. The van der Waals surface area contributed by atoms with Crippen LogP contribution in [0.5, 0.6) is 0 Å². The predicted molar refractivity (Wildman–Crippen MR) is 106 cm³/mol. The number of hydrogen-bond acceptors (Lipinski definition) is 4. The van der Waals surface area contributed by atoms with Gasteiger partial charge in [0, 0.05) is 43.9 Å². The average molecular weight is 371 g/mol. The van der Waals surface area contributed by atoms with Crippen LogP contribution in [-0.2, 0) is 6.54 Å². The minimum absolute atomic E-state index is 0. The summed E-state index contributed by atoms with van der Waals surface area (Å²) in [6.07, 6.45) is 1.83. The van der Waals surface area contributed by atoms with Crippen LogP contribution in [0.1, 0.15) is 22.7 Å². The highest BCUT2D eigenvalue weighted by Crippen LogP contribution is 2.27. The molecule has 0 spiro atoms. The van der Waals surface area contributed by atoms with Crippen molar-refractivity contribution in [2.24, 2.45) is 5.73 Å². The van der Waals surface area contributed by atoms with Gasteiger partial charge in [-0.05, 0) is 24.1 Å². The minimum atomic E-state index is -0.0354. The minimum Gasteiger partial charge on any atom is -0.326 e. The van der Waals surface area contributed by atoms with Gasteiger partial charge in [-0.3, -0.25) is 14.1 Å². The molecule has 0 bridgehead atoms. The van der Waals surface area contributed by atoms with E-state index in [9.17, 15) is 4.79 Å². The van der Waals surface area contributed by atoms with Crippen molar-refractivity contribution in [3.05, 3.63) is 81.9 Å². The highest BCUT2D eigenvalue weighted by Gasteiger charge is 2.31. The van der Waals surface area contributed by atoms with Gasteiger partial charge in [0.15, 0.2) is 0 Å². The average Bonchev–Trinajstić information content (AvgIpc) is 2.97. The van der Waals surface area contributed by atoms with Gasteiger partial charge in [0.1, 0.15) is 5.65 Å². The molecule has 0 radical (unpaired) electrons. The summed E-state index contributed by atoms with van der Waals surface area (Å²) in [6.45, 7) is 4.32. The molecular weight excluding hydrogens is 348 g/mol. The Bertz CT molecular complexity index is 957. The maximum atomic E-state index is 12.4. The van der Waals surface area contributed by atoms with Crippen LogP contribution in [0.25, 0.3) is 5.65 Å². The third-order valence-electron chi connectivity index (χ3n) is 4.91. The van der Waals surface area contributed by atoms with Crippen LogP contribution in [0.2, 0.25) is 0 Å². The lowest BCUT2D eigenvalue weighted by Crippen LogP contribution is -2.29. The van der Waals surface area contributed by atoms with Crippen molar-refractivity contribution in [1.29, 1.82) is 0 Å². The number of halogens is 1. The molecule has 3 heterocycles. The van der Waals surface area contributed by atoms with Gasteiger partial charge in [-0.1, -0.05) is 36.4 Å². The molecule has 1 aliphatic rings. The van der Waals surface area contributed by atoms with Crippen LogP contribution in [0.4, 0.5) is 0 Å². The number of aromatic nitrogens is 2. The number of fused-ring (bicyclic) bond motifs is 1. The fraction of sp³-hybridized carbons (Fsp3) is 0.300. The zero-order chi connectivity index (χ0) is 17.4. The van der Waals surface area contributed by atoms with E-state index in [-0.39, 0.29) is 24.0 Å². The highest BCUT2D eigenvalue weighted by atomic mass is 35.5. The Balaban J connectivity index is 0.00000196. The SMILES string of the molecule is Cc1ccc2nc(CN3C[C@@H](N)[C@H](c4ccccc4)C3)cc(=O)n2c1.Cl. The lowest BCUT2D eigenvalue weighted by atomic mass is 9.95. The maximum absolute atomic E-state index is 12.4. The maximum Gasteiger partial charge on any atom is 0.258 e. The standard InChI is InChI=1S/C20H22N4O.ClH/c1-14-7-8-19-22-16(9-20(25)24(19)10-14)11-23-12-17(18(21)13-23)15-5-3-2-4-6-15;/h2-10,17-18H,11-13,21H2,1H3;1H/t17-,18+;/m0./s1. The number of pyridine rings is 1. The smallest absolute Gasteiger partial charge is 0.258 e. The normalized spacial score (nSPS) is 20.2. The van der Waals surface area contributed by atoms with Crippen LogP contribution in [0.3, 0.4) is 0 Å². The molecule has 4 rings (SSSR count). The van der Waals surface area contributed by atoms with Gasteiger partial charge in [0.2, 0.25) is 0 Å². The molecule has 1 fully saturated rings. The molecule has 2 atom stereocenters. The molecule has 6 heteroatoms. The molecule has 2 N–H and O–H groups in total. The van der Waals surface area contributed by atoms with E-state index < -0.39 is 0 Å². The molecule has 2 aromatic heterocycles. The van der Waals surface area contributed by atoms with Gasteiger partial charge in [0.25, 0.3) is 5.56 Å². The fourth-order valence-electron chi connectivity index (χ4n) is 3.66. The third kappa shape index (κ3) is 3.65. The summed E-state index contributed by atoms with van der Waals surface area (Å²) in [5.74, 6) is 0.324. The van der Waals surface area contributed by atoms with Crippen LogP contribution in [0, 0.1) is 6.92 Å². The van der Waals surface area contributed by atoms with Crippen LogP contribution in [-0.4, -0.2) is 33.4 Å². The first-order valence-corrected chi connectivity index (χ1v) is 8.62. The molecule has 0 unspecified atom stereocenters. The molecule has 26 heavy (non-hydrogen) atoms. The summed E-state index contributed by atoms with van der Waals surface area (Å²) in [5.41, 5.74) is 10.1. The number of nitrogens with zero attached hydrogens (tertiary/aromatic N) is 3. The first-order chi connectivity index (χ1) is 12.1. The van der Waals surface area contributed by atoms with Gasteiger partial charge in [-0.2, -0.15) is 0 Å². The highest BCUT2D eigenvalue weighted by molar-refractivity contribution is 5.85. The Morgan fingerprint density at radius 1 is 1.15 bits per heavy atom. The third-order valence-corrected chi connectivity index (χ3v) is 4.91. The summed E-state index contributed by atoms with van der Waals surface area (Å²) < 4.78 is 1.60. The Hall–Kier alpha value is -2.21. The van der Waals surface area contributed by atoms with E-state index in [2.05, 4.69) is 34.1 Å². The van der Waals surface area contributed by atoms with Crippen molar-refractivity contribution in [1.82, 2.24) is 14.3 Å². The number of benzene rings is 1. The zero-order valence-corrected chi connectivity index (χ0v) is 15.5. The lowest BCUT2D eigenvalue weighted by Gasteiger charge is -2.16. The van der Waals surface area contributed by atoms with Gasteiger partial charge >= 0.3 is 0 Å². The van der Waals surface area contributed by atoms with E-state index in [0.717, 1.165) is 24.3 Å². The zero-order valence-electron chi connectivity index (χ0n) is 14.7. The number of likely N-dealkylation sites (tertiary alicyclic amines) is 1. The van der Waals surface area contributed by atoms with Crippen molar-refractivity contribution < 1.29 is 0 Å². The van der Waals surface area contributed by atoms with E-state index in [1.54, 1.807) is 10.5 Å². The van der Waals surface area contributed by atoms with E-state index in [4.69, 9.17) is 5.73 Å².